The molecule has 1 unspecified atom stereocenters. The highest BCUT2D eigenvalue weighted by Crippen LogP contribution is 2.25. The first-order chi connectivity index (χ1) is 7.61. The van der Waals surface area contributed by atoms with Crippen LogP contribution >= 0.6 is 0 Å². The van der Waals surface area contributed by atoms with Crippen LogP contribution in [-0.2, 0) is 4.79 Å². The number of furan rings is 1. The van der Waals surface area contributed by atoms with E-state index in [1.165, 1.54) is 0 Å². The lowest BCUT2D eigenvalue weighted by molar-refractivity contribution is -0.138. The van der Waals surface area contributed by atoms with Crippen molar-refractivity contribution in [2.45, 2.75) is 13.0 Å². The average Bonchev–Trinajstić information content (AvgIpc) is 2.74. The van der Waals surface area contributed by atoms with Crippen molar-refractivity contribution in [3.05, 3.63) is 24.6 Å². The molecular formula is C11H12N2O3. The zero-order valence-corrected chi connectivity index (χ0v) is 9.04. The second kappa shape index (κ2) is 3.84. The van der Waals surface area contributed by atoms with E-state index in [0.29, 0.717) is 11.4 Å². The Hall–Kier alpha value is -2.04. The largest absolute Gasteiger partial charge is 0.480 e. The smallest absolute Gasteiger partial charge is 0.326 e. The topological polar surface area (TPSA) is 66.6 Å². The molecule has 2 aromatic rings. The van der Waals surface area contributed by atoms with Crippen LogP contribution in [0.2, 0.25) is 0 Å². The number of hydrogen-bond donors (Lipinski definition) is 1. The van der Waals surface area contributed by atoms with Crippen molar-refractivity contribution < 1.29 is 14.3 Å². The molecule has 0 saturated heterocycles. The summed E-state index contributed by atoms with van der Waals surface area (Å²) >= 11 is 0. The van der Waals surface area contributed by atoms with Gasteiger partial charge in [-0.15, -0.1) is 0 Å². The Balaban J connectivity index is 2.46. The Morgan fingerprint density at radius 1 is 1.56 bits per heavy atom. The van der Waals surface area contributed by atoms with Crippen molar-refractivity contribution in [2.24, 2.45) is 0 Å². The van der Waals surface area contributed by atoms with Crippen LogP contribution in [-0.4, -0.2) is 29.1 Å². The van der Waals surface area contributed by atoms with E-state index in [1.54, 1.807) is 43.5 Å². The molecule has 0 radical (unpaired) electrons. The third-order valence-corrected chi connectivity index (χ3v) is 2.63. The van der Waals surface area contributed by atoms with Gasteiger partial charge in [0.2, 0.25) is 0 Å². The lowest BCUT2D eigenvalue weighted by Crippen LogP contribution is -2.36. The van der Waals surface area contributed by atoms with Gasteiger partial charge >= 0.3 is 5.97 Å². The molecule has 0 spiro atoms. The lowest BCUT2D eigenvalue weighted by Gasteiger charge is -2.22. The van der Waals surface area contributed by atoms with Gasteiger partial charge in [-0.1, -0.05) is 0 Å². The van der Waals surface area contributed by atoms with Crippen LogP contribution in [0, 0.1) is 0 Å². The number of hydrogen-bond acceptors (Lipinski definition) is 4. The first-order valence-electron chi connectivity index (χ1n) is 4.89. The standard InChI is InChI=1S/C11H12N2O3/c1-7(11(14)15)13(2)10-8-4-6-16-9(8)3-5-12-10/h3-7H,1-2H3,(H,14,15). The first kappa shape index (κ1) is 10.5. The number of fused-ring (bicyclic) bond motifs is 1. The van der Waals surface area contributed by atoms with Crippen LogP contribution in [0.1, 0.15) is 6.92 Å². The van der Waals surface area contributed by atoms with Crippen LogP contribution in [0.5, 0.6) is 0 Å². The summed E-state index contributed by atoms with van der Waals surface area (Å²) in [7, 11) is 1.70. The molecule has 2 heterocycles. The number of aromatic nitrogens is 1. The zero-order valence-electron chi connectivity index (χ0n) is 9.04. The number of carbonyl (C=O) groups is 1. The second-order valence-electron chi connectivity index (χ2n) is 3.59. The molecule has 0 fully saturated rings. The van der Waals surface area contributed by atoms with Gasteiger partial charge < -0.3 is 14.4 Å². The predicted molar refractivity (Wildman–Crippen MR) is 59.5 cm³/mol. The molecule has 0 amide bonds. The number of carboxylic acid groups (broad SMARTS) is 1. The summed E-state index contributed by atoms with van der Waals surface area (Å²) < 4.78 is 5.23. The Kier molecular flexibility index (Phi) is 2.52. The van der Waals surface area contributed by atoms with E-state index in [0.717, 1.165) is 5.39 Å². The Bertz CT molecular complexity index is 521. The van der Waals surface area contributed by atoms with Gasteiger partial charge in [0.25, 0.3) is 0 Å². The fraction of sp³-hybridized carbons (Fsp3) is 0.273. The fourth-order valence-corrected chi connectivity index (χ4v) is 1.51. The van der Waals surface area contributed by atoms with E-state index in [2.05, 4.69) is 4.98 Å². The summed E-state index contributed by atoms with van der Waals surface area (Å²) in [5, 5.41) is 9.76. The number of aliphatic carboxylic acids is 1. The normalized spacial score (nSPS) is 12.6. The molecule has 1 N–H and O–H groups in total. The Morgan fingerprint density at radius 3 is 3.00 bits per heavy atom. The van der Waals surface area contributed by atoms with Gasteiger partial charge in [-0.2, -0.15) is 0 Å². The van der Waals surface area contributed by atoms with E-state index < -0.39 is 12.0 Å². The number of anilines is 1. The summed E-state index contributed by atoms with van der Waals surface area (Å²) in [6, 6.07) is 2.90. The molecule has 1 atom stereocenters. The summed E-state index contributed by atoms with van der Waals surface area (Å²) in [5.74, 6) is -0.272. The minimum atomic E-state index is -0.884. The molecule has 5 nitrogen and oxygen atoms in total. The minimum Gasteiger partial charge on any atom is -0.480 e. The number of pyridine rings is 1. The monoisotopic (exact) mass is 220 g/mol. The zero-order chi connectivity index (χ0) is 11.7. The molecule has 0 aromatic carbocycles. The van der Waals surface area contributed by atoms with Gasteiger partial charge in [0.05, 0.1) is 11.6 Å². The van der Waals surface area contributed by atoms with Gasteiger partial charge in [0, 0.05) is 13.2 Å². The number of carboxylic acids is 1. The first-order valence-corrected chi connectivity index (χ1v) is 4.89. The van der Waals surface area contributed by atoms with Crippen LogP contribution in [0.4, 0.5) is 5.82 Å². The number of rotatable bonds is 3. The summed E-state index contributed by atoms with van der Waals surface area (Å²) in [6.45, 7) is 1.61. The van der Waals surface area contributed by atoms with E-state index >= 15 is 0 Å². The second-order valence-corrected chi connectivity index (χ2v) is 3.59. The molecule has 16 heavy (non-hydrogen) atoms. The van der Waals surface area contributed by atoms with Crippen molar-refractivity contribution in [1.29, 1.82) is 0 Å². The molecular weight excluding hydrogens is 208 g/mol. The maximum atomic E-state index is 10.9. The third-order valence-electron chi connectivity index (χ3n) is 2.63. The highest BCUT2D eigenvalue weighted by Gasteiger charge is 2.20. The fourth-order valence-electron chi connectivity index (χ4n) is 1.51. The van der Waals surface area contributed by atoms with E-state index in [9.17, 15) is 4.79 Å². The lowest BCUT2D eigenvalue weighted by atomic mass is 10.2. The van der Waals surface area contributed by atoms with Crippen LogP contribution in [0.25, 0.3) is 11.0 Å². The van der Waals surface area contributed by atoms with Crippen LogP contribution < -0.4 is 4.90 Å². The van der Waals surface area contributed by atoms with Crippen LogP contribution in [0.3, 0.4) is 0 Å². The molecule has 2 rings (SSSR count). The summed E-state index contributed by atoms with van der Waals surface area (Å²) in [6.07, 6.45) is 3.17. The van der Waals surface area contributed by atoms with Gasteiger partial charge in [0.15, 0.2) is 0 Å². The molecule has 2 aromatic heterocycles. The van der Waals surface area contributed by atoms with Crippen molar-refractivity contribution in [1.82, 2.24) is 4.98 Å². The average molecular weight is 220 g/mol. The highest BCUT2D eigenvalue weighted by atomic mass is 16.4. The molecule has 0 bridgehead atoms. The summed E-state index contributed by atoms with van der Waals surface area (Å²) in [4.78, 5) is 16.7. The minimum absolute atomic E-state index is 0.612. The van der Waals surface area contributed by atoms with Crippen molar-refractivity contribution >= 4 is 22.8 Å². The SMILES string of the molecule is CC(C(=O)O)N(C)c1nccc2occc12. The van der Waals surface area contributed by atoms with Crippen molar-refractivity contribution in [2.75, 3.05) is 11.9 Å². The molecule has 0 aliphatic heterocycles. The van der Waals surface area contributed by atoms with Crippen molar-refractivity contribution in [3.63, 3.8) is 0 Å². The highest BCUT2D eigenvalue weighted by molar-refractivity contribution is 5.90. The number of nitrogens with zero attached hydrogens (tertiary/aromatic N) is 2. The Morgan fingerprint density at radius 2 is 2.31 bits per heavy atom. The van der Waals surface area contributed by atoms with Crippen LogP contribution in [0.15, 0.2) is 29.0 Å². The molecule has 84 valence electrons. The third kappa shape index (κ3) is 1.60. The summed E-state index contributed by atoms with van der Waals surface area (Å²) in [5.41, 5.74) is 0.703. The molecule has 0 aliphatic carbocycles. The van der Waals surface area contributed by atoms with Gasteiger partial charge in [0.1, 0.15) is 17.4 Å². The van der Waals surface area contributed by atoms with Crippen molar-refractivity contribution in [3.8, 4) is 0 Å². The quantitative estimate of drug-likeness (QED) is 0.853. The Labute approximate surface area is 92.3 Å². The maximum Gasteiger partial charge on any atom is 0.326 e. The number of likely N-dealkylation sites (N-methyl/N-ethyl adjacent to an activating group) is 1. The van der Waals surface area contributed by atoms with E-state index in [1.807, 2.05) is 0 Å². The van der Waals surface area contributed by atoms with Gasteiger partial charge in [-0.25, -0.2) is 9.78 Å². The van der Waals surface area contributed by atoms with E-state index in [-0.39, 0.29) is 0 Å². The van der Waals surface area contributed by atoms with Gasteiger partial charge in [-0.05, 0) is 19.1 Å². The predicted octanol–water partition coefficient (Wildman–Crippen LogP) is 1.74. The van der Waals surface area contributed by atoms with Gasteiger partial charge in [-0.3, -0.25) is 0 Å². The molecule has 0 aliphatic rings. The molecule has 0 saturated carbocycles. The van der Waals surface area contributed by atoms with E-state index in [4.69, 9.17) is 9.52 Å². The molecule has 5 heteroatoms. The maximum absolute atomic E-state index is 10.9.